The van der Waals surface area contributed by atoms with Gasteiger partial charge in [0.05, 0.1) is 5.92 Å². The number of benzene rings is 1. The van der Waals surface area contributed by atoms with E-state index >= 15 is 0 Å². The molecule has 0 saturated carbocycles. The maximum atomic E-state index is 11.0. The molecule has 1 aromatic rings. The number of aryl methyl sites for hydroxylation is 1. The van der Waals surface area contributed by atoms with Crippen LogP contribution in [0, 0.1) is 5.92 Å². The van der Waals surface area contributed by atoms with Crippen LogP contribution >= 0.6 is 0 Å². The number of fused-ring (bicyclic) bond motifs is 1. The number of carbonyl (C=O) groups excluding carboxylic acids is 1. The number of nitrogens with two attached hydrogens (primary N) is 1. The van der Waals surface area contributed by atoms with Gasteiger partial charge in [0, 0.05) is 25.8 Å². The summed E-state index contributed by atoms with van der Waals surface area (Å²) < 4.78 is 16.5. The first-order valence-corrected chi connectivity index (χ1v) is 12.4. The number of hydrogen-bond donors (Lipinski definition) is 1. The Morgan fingerprint density at radius 1 is 0.969 bits per heavy atom. The highest BCUT2D eigenvalue weighted by atomic mass is 16.6. The molecule has 0 bridgehead atoms. The average Bonchev–Trinajstić information content (AvgIpc) is 3.53. The van der Waals surface area contributed by atoms with Crippen LogP contribution in [-0.2, 0) is 16.0 Å². The molecule has 1 unspecified atom stereocenters. The molecule has 4 aliphatic heterocycles. The Labute approximate surface area is 192 Å². The summed E-state index contributed by atoms with van der Waals surface area (Å²) in [5.74, 6) is 1.75. The van der Waals surface area contributed by atoms with E-state index in [1.807, 2.05) is 6.07 Å². The minimum Gasteiger partial charge on any atom is -0.486 e. The number of hydrogen-bond acceptors (Lipinski definition) is 6. The van der Waals surface area contributed by atoms with Crippen molar-refractivity contribution >= 4 is 5.91 Å². The van der Waals surface area contributed by atoms with Crippen LogP contribution in [0.5, 0.6) is 11.5 Å². The van der Waals surface area contributed by atoms with E-state index in [0.29, 0.717) is 19.3 Å². The SMILES string of the molecule is NC(=O)C1CCN(C2CCOCC2)C1.c1cc2c(cc1CCCN1CCCC1)OCCO2. The molecular weight excluding hydrogens is 406 g/mol. The number of amides is 1. The van der Waals surface area contributed by atoms with Crippen LogP contribution in [0.1, 0.15) is 44.1 Å². The molecule has 0 radical (unpaired) electrons. The van der Waals surface area contributed by atoms with Gasteiger partial charge in [0.15, 0.2) is 11.5 Å². The molecule has 0 spiro atoms. The molecule has 5 rings (SSSR count). The van der Waals surface area contributed by atoms with E-state index in [0.717, 1.165) is 63.5 Å². The largest absolute Gasteiger partial charge is 0.486 e. The van der Waals surface area contributed by atoms with Crippen molar-refractivity contribution in [3.63, 3.8) is 0 Å². The van der Waals surface area contributed by atoms with Crippen molar-refractivity contribution in [1.29, 1.82) is 0 Å². The van der Waals surface area contributed by atoms with Gasteiger partial charge < -0.3 is 24.8 Å². The molecule has 7 nitrogen and oxygen atoms in total. The molecule has 7 heteroatoms. The van der Waals surface area contributed by atoms with Crippen LogP contribution in [0.2, 0.25) is 0 Å². The number of primary amides is 1. The van der Waals surface area contributed by atoms with Crippen molar-refractivity contribution < 1.29 is 19.0 Å². The maximum absolute atomic E-state index is 11.0. The lowest BCUT2D eigenvalue weighted by molar-refractivity contribution is -0.121. The van der Waals surface area contributed by atoms with Crippen LogP contribution in [0.3, 0.4) is 0 Å². The smallest absolute Gasteiger partial charge is 0.221 e. The minimum atomic E-state index is -0.139. The fourth-order valence-corrected chi connectivity index (χ4v) is 5.16. The van der Waals surface area contributed by atoms with Crippen molar-refractivity contribution in [3.8, 4) is 11.5 Å². The van der Waals surface area contributed by atoms with Gasteiger partial charge in [0.2, 0.25) is 5.91 Å². The summed E-state index contributed by atoms with van der Waals surface area (Å²) in [5, 5.41) is 0. The Kier molecular flexibility index (Phi) is 8.65. The predicted molar refractivity (Wildman–Crippen MR) is 124 cm³/mol. The van der Waals surface area contributed by atoms with Gasteiger partial charge in [-0.25, -0.2) is 0 Å². The fraction of sp³-hybridized carbons (Fsp3) is 0.720. The summed E-state index contributed by atoms with van der Waals surface area (Å²) in [5.41, 5.74) is 6.66. The van der Waals surface area contributed by atoms with Gasteiger partial charge in [0.25, 0.3) is 0 Å². The molecule has 0 aromatic heterocycles. The third-order valence-corrected chi connectivity index (χ3v) is 7.07. The summed E-state index contributed by atoms with van der Waals surface area (Å²) in [6.07, 6.45) is 8.27. The van der Waals surface area contributed by atoms with Crippen molar-refractivity contribution in [2.24, 2.45) is 11.7 Å². The Morgan fingerprint density at radius 3 is 2.44 bits per heavy atom. The third kappa shape index (κ3) is 6.59. The van der Waals surface area contributed by atoms with Crippen LogP contribution in [0.15, 0.2) is 18.2 Å². The maximum Gasteiger partial charge on any atom is 0.221 e. The number of nitrogens with zero attached hydrogens (tertiary/aromatic N) is 2. The Balaban J connectivity index is 0.000000158. The molecule has 1 amide bonds. The van der Waals surface area contributed by atoms with Crippen molar-refractivity contribution in [2.75, 3.05) is 59.2 Å². The van der Waals surface area contributed by atoms with E-state index < -0.39 is 0 Å². The lowest BCUT2D eigenvalue weighted by atomic mass is 10.1. The lowest BCUT2D eigenvalue weighted by Gasteiger charge is -2.30. The van der Waals surface area contributed by atoms with E-state index in [4.69, 9.17) is 19.9 Å². The second-order valence-electron chi connectivity index (χ2n) is 9.36. The normalized spacial score (nSPS) is 24.2. The summed E-state index contributed by atoms with van der Waals surface area (Å²) in [4.78, 5) is 16.0. The van der Waals surface area contributed by atoms with E-state index in [1.165, 1.54) is 44.5 Å². The average molecular weight is 446 g/mol. The zero-order valence-electron chi connectivity index (χ0n) is 19.3. The molecule has 3 fully saturated rings. The first-order valence-electron chi connectivity index (χ1n) is 12.4. The van der Waals surface area contributed by atoms with Gasteiger partial charge in [0.1, 0.15) is 13.2 Å². The van der Waals surface area contributed by atoms with Gasteiger partial charge in [-0.05, 0) is 88.8 Å². The highest BCUT2D eigenvalue weighted by molar-refractivity contribution is 5.77. The fourth-order valence-electron chi connectivity index (χ4n) is 5.16. The number of rotatable bonds is 6. The highest BCUT2D eigenvalue weighted by Crippen LogP contribution is 2.31. The number of likely N-dealkylation sites (tertiary alicyclic amines) is 2. The Morgan fingerprint density at radius 2 is 1.72 bits per heavy atom. The van der Waals surface area contributed by atoms with Gasteiger partial charge in [-0.2, -0.15) is 0 Å². The zero-order chi connectivity index (χ0) is 22.2. The molecular formula is C25H39N3O4. The van der Waals surface area contributed by atoms with Crippen molar-refractivity contribution in [3.05, 3.63) is 23.8 Å². The quantitative estimate of drug-likeness (QED) is 0.725. The summed E-state index contributed by atoms with van der Waals surface area (Å²) >= 11 is 0. The van der Waals surface area contributed by atoms with Crippen LogP contribution in [0.25, 0.3) is 0 Å². The highest BCUT2D eigenvalue weighted by Gasteiger charge is 2.31. The standard InChI is InChI=1S/C15H21NO2.C10H18N2O2/c1-2-8-16(7-1)9-3-4-13-5-6-14-15(12-13)18-11-10-17-14;11-10(13)8-1-4-12(7-8)9-2-5-14-6-3-9/h5-6,12H,1-4,7-11H2;8-9H,1-7H2,(H2,11,13). The van der Waals surface area contributed by atoms with Crippen LogP contribution in [0.4, 0.5) is 0 Å². The molecule has 0 aliphatic carbocycles. The van der Waals surface area contributed by atoms with E-state index in [-0.39, 0.29) is 11.8 Å². The molecule has 3 saturated heterocycles. The van der Waals surface area contributed by atoms with E-state index in [2.05, 4.69) is 21.9 Å². The Bertz CT molecular complexity index is 732. The second kappa shape index (κ2) is 11.9. The molecule has 1 aromatic carbocycles. The van der Waals surface area contributed by atoms with Gasteiger partial charge in [-0.3, -0.25) is 9.69 Å². The zero-order valence-corrected chi connectivity index (χ0v) is 19.3. The monoisotopic (exact) mass is 445 g/mol. The van der Waals surface area contributed by atoms with Gasteiger partial charge in [-0.15, -0.1) is 0 Å². The van der Waals surface area contributed by atoms with E-state index in [9.17, 15) is 4.79 Å². The van der Waals surface area contributed by atoms with Crippen molar-refractivity contribution in [2.45, 2.75) is 51.0 Å². The molecule has 1 atom stereocenters. The molecule has 4 heterocycles. The summed E-state index contributed by atoms with van der Waals surface area (Å²) in [7, 11) is 0. The third-order valence-electron chi connectivity index (χ3n) is 7.07. The van der Waals surface area contributed by atoms with Gasteiger partial charge in [-0.1, -0.05) is 6.07 Å². The number of ether oxygens (including phenoxy) is 3. The molecule has 4 aliphatic rings. The van der Waals surface area contributed by atoms with E-state index in [1.54, 1.807) is 0 Å². The minimum absolute atomic E-state index is 0.0813. The Hall–Kier alpha value is -1.83. The predicted octanol–water partition coefficient (Wildman–Crippen LogP) is 2.46. The molecule has 2 N–H and O–H groups in total. The molecule has 178 valence electrons. The topological polar surface area (TPSA) is 77.3 Å². The first-order chi connectivity index (χ1) is 15.7. The van der Waals surface area contributed by atoms with Crippen molar-refractivity contribution in [1.82, 2.24) is 9.80 Å². The summed E-state index contributed by atoms with van der Waals surface area (Å²) in [6, 6.07) is 6.96. The van der Waals surface area contributed by atoms with Crippen LogP contribution < -0.4 is 15.2 Å². The van der Waals surface area contributed by atoms with Gasteiger partial charge >= 0.3 is 0 Å². The first kappa shape index (κ1) is 23.3. The second-order valence-corrected chi connectivity index (χ2v) is 9.36. The van der Waals surface area contributed by atoms with Crippen LogP contribution in [-0.4, -0.2) is 80.9 Å². The summed E-state index contributed by atoms with van der Waals surface area (Å²) in [6.45, 7) is 8.77. The molecule has 32 heavy (non-hydrogen) atoms. The number of carbonyl (C=O) groups is 1. The lowest BCUT2D eigenvalue weighted by Crippen LogP contribution is -2.38.